The number of nitrogens with one attached hydrogen (secondary N) is 3. The number of hydrogen-bond acceptors (Lipinski definition) is 4. The third kappa shape index (κ3) is 5.95. The lowest BCUT2D eigenvalue weighted by Crippen LogP contribution is -2.39. The summed E-state index contributed by atoms with van der Waals surface area (Å²) < 4.78 is 0. The Balaban J connectivity index is 0.00000256. The summed E-state index contributed by atoms with van der Waals surface area (Å²) in [7, 11) is 0. The molecule has 3 N–H and O–H groups in total. The number of para-hydroxylation sites is 2. The van der Waals surface area contributed by atoms with Crippen LogP contribution < -0.4 is 10.6 Å². The van der Waals surface area contributed by atoms with Crippen molar-refractivity contribution >= 4 is 52.3 Å². The number of benzene rings is 1. The maximum absolute atomic E-state index is 4.92. The molecule has 1 fully saturated rings. The van der Waals surface area contributed by atoms with Crippen molar-refractivity contribution in [2.45, 2.75) is 32.2 Å². The lowest BCUT2D eigenvalue weighted by atomic mass is 10.2. The van der Waals surface area contributed by atoms with Gasteiger partial charge in [-0.3, -0.25) is 9.89 Å². The average molecular weight is 539 g/mol. The van der Waals surface area contributed by atoms with Crippen LogP contribution in [-0.2, 0) is 6.42 Å². The van der Waals surface area contributed by atoms with Gasteiger partial charge in [0.05, 0.1) is 23.6 Å². The Kier molecular flexibility index (Phi) is 8.95. The zero-order chi connectivity index (χ0) is 19.9. The number of rotatable bonds is 8. The molecule has 2 aromatic heterocycles. The fourth-order valence-electron chi connectivity index (χ4n) is 3.86. The number of aromatic amines is 1. The van der Waals surface area contributed by atoms with Gasteiger partial charge in [-0.05, 0) is 56.4 Å². The smallest absolute Gasteiger partial charge is 0.191 e. The van der Waals surface area contributed by atoms with Crippen molar-refractivity contribution in [3.63, 3.8) is 0 Å². The van der Waals surface area contributed by atoms with Gasteiger partial charge in [-0.25, -0.2) is 4.98 Å². The standard InChI is InChI=1S/C22H30N6S.HI/c1-2-23-22(24-12-11-21-26-17-8-3-4-9-18(17)27-21)25-16-19(20-10-7-15-29-20)28-13-5-6-14-28;/h3-4,7-10,15,19H,2,5-6,11-14,16H2,1H3,(H,26,27)(H2,23,24,25);1H. The molecule has 6 nitrogen and oxygen atoms in total. The highest BCUT2D eigenvalue weighted by Gasteiger charge is 2.24. The lowest BCUT2D eigenvalue weighted by molar-refractivity contribution is 0.255. The SMILES string of the molecule is CCNC(=NCC(c1cccs1)N1CCCC1)NCCc1nc2ccccc2[nH]1.I. The monoisotopic (exact) mass is 538 g/mol. The van der Waals surface area contributed by atoms with Gasteiger partial charge in [-0.15, -0.1) is 35.3 Å². The minimum absolute atomic E-state index is 0. The number of fused-ring (bicyclic) bond motifs is 1. The molecule has 30 heavy (non-hydrogen) atoms. The molecule has 3 heterocycles. The molecular formula is C22H31IN6S. The predicted octanol–water partition coefficient (Wildman–Crippen LogP) is 4.18. The number of nitrogens with zero attached hydrogens (tertiary/aromatic N) is 3. The molecule has 0 amide bonds. The highest BCUT2D eigenvalue weighted by molar-refractivity contribution is 14.0. The van der Waals surface area contributed by atoms with E-state index in [1.54, 1.807) is 0 Å². The van der Waals surface area contributed by atoms with Crippen LogP contribution in [0.25, 0.3) is 11.0 Å². The third-order valence-corrected chi connectivity index (χ3v) is 6.29. The van der Waals surface area contributed by atoms with E-state index in [9.17, 15) is 0 Å². The van der Waals surface area contributed by atoms with Crippen molar-refractivity contribution in [1.82, 2.24) is 25.5 Å². The van der Waals surface area contributed by atoms with Gasteiger partial charge in [0.1, 0.15) is 5.82 Å². The Labute approximate surface area is 199 Å². The van der Waals surface area contributed by atoms with Crippen molar-refractivity contribution < 1.29 is 0 Å². The Morgan fingerprint density at radius 3 is 2.77 bits per heavy atom. The molecule has 1 aliphatic heterocycles. The molecule has 1 saturated heterocycles. The molecule has 1 unspecified atom stereocenters. The number of aliphatic imine (C=N–C) groups is 1. The molecule has 0 bridgehead atoms. The van der Waals surface area contributed by atoms with Crippen LogP contribution in [0.1, 0.15) is 36.5 Å². The summed E-state index contributed by atoms with van der Waals surface area (Å²) in [5.41, 5.74) is 2.11. The first-order valence-corrected chi connectivity index (χ1v) is 11.4. The van der Waals surface area contributed by atoms with E-state index in [1.165, 1.54) is 30.8 Å². The van der Waals surface area contributed by atoms with E-state index >= 15 is 0 Å². The van der Waals surface area contributed by atoms with E-state index in [0.717, 1.165) is 48.9 Å². The molecule has 8 heteroatoms. The van der Waals surface area contributed by atoms with Gasteiger partial charge in [0, 0.05) is 24.4 Å². The zero-order valence-electron chi connectivity index (χ0n) is 17.4. The van der Waals surface area contributed by atoms with Crippen LogP contribution in [0, 0.1) is 0 Å². The van der Waals surface area contributed by atoms with Crippen molar-refractivity contribution in [2.75, 3.05) is 32.7 Å². The van der Waals surface area contributed by atoms with E-state index in [-0.39, 0.29) is 24.0 Å². The van der Waals surface area contributed by atoms with E-state index in [4.69, 9.17) is 4.99 Å². The molecule has 0 radical (unpaired) electrons. The summed E-state index contributed by atoms with van der Waals surface area (Å²) in [6, 6.07) is 12.9. The highest BCUT2D eigenvalue weighted by Crippen LogP contribution is 2.28. The molecule has 0 spiro atoms. The van der Waals surface area contributed by atoms with Gasteiger partial charge in [0.15, 0.2) is 5.96 Å². The maximum Gasteiger partial charge on any atom is 0.191 e. The van der Waals surface area contributed by atoms with Crippen LogP contribution in [-0.4, -0.2) is 53.6 Å². The van der Waals surface area contributed by atoms with Crippen molar-refractivity contribution in [2.24, 2.45) is 4.99 Å². The van der Waals surface area contributed by atoms with Crippen LogP contribution in [0.5, 0.6) is 0 Å². The van der Waals surface area contributed by atoms with Crippen LogP contribution in [0.4, 0.5) is 0 Å². The fraction of sp³-hybridized carbons (Fsp3) is 0.455. The fourth-order valence-corrected chi connectivity index (χ4v) is 4.71. The third-order valence-electron chi connectivity index (χ3n) is 5.31. The zero-order valence-corrected chi connectivity index (χ0v) is 20.6. The summed E-state index contributed by atoms with van der Waals surface area (Å²) in [5.74, 6) is 1.88. The lowest BCUT2D eigenvalue weighted by Gasteiger charge is -2.25. The largest absolute Gasteiger partial charge is 0.357 e. The van der Waals surface area contributed by atoms with Crippen molar-refractivity contribution in [3.8, 4) is 0 Å². The first-order valence-electron chi connectivity index (χ1n) is 10.6. The van der Waals surface area contributed by atoms with E-state index in [0.29, 0.717) is 6.04 Å². The first kappa shape index (κ1) is 23.0. The minimum Gasteiger partial charge on any atom is -0.357 e. The number of thiophene rings is 1. The molecule has 0 saturated carbocycles. The van der Waals surface area contributed by atoms with Gasteiger partial charge >= 0.3 is 0 Å². The molecule has 0 aliphatic carbocycles. The topological polar surface area (TPSA) is 68.3 Å². The summed E-state index contributed by atoms with van der Waals surface area (Å²) >= 11 is 1.84. The molecule has 1 aliphatic rings. The summed E-state index contributed by atoms with van der Waals surface area (Å²) in [5, 5.41) is 9.01. The first-order chi connectivity index (χ1) is 14.3. The Bertz CT molecular complexity index is 884. The second kappa shape index (κ2) is 11.7. The van der Waals surface area contributed by atoms with Crippen molar-refractivity contribution in [3.05, 3.63) is 52.5 Å². The minimum atomic E-state index is 0. The van der Waals surface area contributed by atoms with E-state index in [1.807, 2.05) is 29.5 Å². The Hall–Kier alpha value is -1.65. The van der Waals surface area contributed by atoms with Crippen LogP contribution in [0.15, 0.2) is 46.8 Å². The Morgan fingerprint density at radius 2 is 2.03 bits per heavy atom. The predicted molar refractivity (Wildman–Crippen MR) is 137 cm³/mol. The van der Waals surface area contributed by atoms with Crippen LogP contribution >= 0.6 is 35.3 Å². The quantitative estimate of drug-likeness (QED) is 0.229. The molecular weight excluding hydrogens is 507 g/mol. The van der Waals surface area contributed by atoms with Gasteiger partial charge in [0.25, 0.3) is 0 Å². The summed E-state index contributed by atoms with van der Waals surface area (Å²) in [6.45, 7) is 6.87. The summed E-state index contributed by atoms with van der Waals surface area (Å²) in [4.78, 5) is 16.9. The van der Waals surface area contributed by atoms with E-state index in [2.05, 4.69) is 56.0 Å². The van der Waals surface area contributed by atoms with Gasteiger partial charge < -0.3 is 15.6 Å². The van der Waals surface area contributed by atoms with E-state index < -0.39 is 0 Å². The van der Waals surface area contributed by atoms with Crippen molar-refractivity contribution in [1.29, 1.82) is 0 Å². The summed E-state index contributed by atoms with van der Waals surface area (Å²) in [6.07, 6.45) is 3.42. The number of guanidine groups is 1. The Morgan fingerprint density at radius 1 is 1.20 bits per heavy atom. The number of imidazole rings is 1. The van der Waals surface area contributed by atoms with Crippen LogP contribution in [0.2, 0.25) is 0 Å². The molecule has 162 valence electrons. The number of H-pyrrole nitrogens is 1. The number of likely N-dealkylation sites (tertiary alicyclic amines) is 1. The molecule has 4 rings (SSSR count). The number of aromatic nitrogens is 2. The van der Waals surface area contributed by atoms with Gasteiger partial charge in [0.2, 0.25) is 0 Å². The number of hydrogen-bond donors (Lipinski definition) is 3. The molecule has 1 atom stereocenters. The maximum atomic E-state index is 4.92. The average Bonchev–Trinajstić information content (AvgIpc) is 3.49. The van der Waals surface area contributed by atoms with Crippen LogP contribution in [0.3, 0.4) is 0 Å². The van der Waals surface area contributed by atoms with Gasteiger partial charge in [-0.2, -0.15) is 0 Å². The number of halogens is 1. The van der Waals surface area contributed by atoms with Gasteiger partial charge in [-0.1, -0.05) is 18.2 Å². The molecule has 3 aromatic rings. The normalized spacial score (nSPS) is 15.8. The second-order valence-electron chi connectivity index (χ2n) is 7.37. The highest BCUT2D eigenvalue weighted by atomic mass is 127. The molecule has 1 aromatic carbocycles. The second-order valence-corrected chi connectivity index (χ2v) is 8.35.